The number of hydrogen-bond acceptors (Lipinski definition) is 3. The van der Waals surface area contributed by atoms with Gasteiger partial charge in [-0.2, -0.15) is 0 Å². The lowest BCUT2D eigenvalue weighted by Crippen LogP contribution is -2.19. The van der Waals surface area contributed by atoms with E-state index in [1.165, 1.54) is 0 Å². The summed E-state index contributed by atoms with van der Waals surface area (Å²) in [6.45, 7) is 0. The van der Waals surface area contributed by atoms with E-state index < -0.39 is 0 Å². The van der Waals surface area contributed by atoms with E-state index >= 15 is 0 Å². The van der Waals surface area contributed by atoms with Gasteiger partial charge in [-0.05, 0) is 53.4 Å². The van der Waals surface area contributed by atoms with Gasteiger partial charge in [-0.15, -0.1) is 0 Å². The molecule has 1 atom stereocenters. The third-order valence-corrected chi connectivity index (χ3v) is 4.29. The molecule has 5 heteroatoms. The maximum atomic E-state index is 6.08. The molecule has 19 heavy (non-hydrogen) atoms. The topological polar surface area (TPSA) is 51.8 Å². The molecule has 1 unspecified atom stereocenters. The average molecular weight is 339 g/mol. The Labute approximate surface area is 125 Å². The van der Waals surface area contributed by atoms with Gasteiger partial charge in [0.15, 0.2) is 5.82 Å². The molecule has 1 heterocycles. The largest absolute Gasteiger partial charge is 0.324 e. The van der Waals surface area contributed by atoms with Crippen molar-refractivity contribution < 1.29 is 0 Å². The molecule has 98 valence electrons. The van der Waals surface area contributed by atoms with E-state index in [-0.39, 0.29) is 6.04 Å². The normalized spacial score (nSPS) is 18.2. The molecule has 0 bridgehead atoms. The minimum absolute atomic E-state index is 0.0754. The van der Waals surface area contributed by atoms with Gasteiger partial charge < -0.3 is 5.73 Å². The van der Waals surface area contributed by atoms with Crippen LogP contribution in [0.1, 0.15) is 30.1 Å². The number of halogens is 2. The summed E-state index contributed by atoms with van der Waals surface area (Å²) in [5.41, 5.74) is 9.19. The monoisotopic (exact) mass is 337 g/mol. The first-order valence-corrected chi connectivity index (χ1v) is 7.39. The van der Waals surface area contributed by atoms with Crippen molar-refractivity contribution in [3.8, 4) is 11.4 Å². The second-order valence-corrected chi connectivity index (χ2v) is 6.01. The molecular weight excluding hydrogens is 326 g/mol. The number of aryl methyl sites for hydroxylation is 1. The fraction of sp³-hybridized carbons (Fsp3) is 0.286. The van der Waals surface area contributed by atoms with Crippen molar-refractivity contribution >= 4 is 27.5 Å². The standard InChI is InChI=1S/C14H13BrClN3/c15-11-6-8(16)4-5-9(11)14-18-7-10-12(17)2-1-3-13(10)19-14/h4-7,12H,1-3,17H2. The molecule has 0 fully saturated rings. The zero-order valence-corrected chi connectivity index (χ0v) is 12.6. The Hall–Kier alpha value is -0.970. The molecule has 0 radical (unpaired) electrons. The first-order chi connectivity index (χ1) is 9.15. The number of rotatable bonds is 1. The van der Waals surface area contributed by atoms with Crippen molar-refractivity contribution in [1.29, 1.82) is 0 Å². The van der Waals surface area contributed by atoms with Gasteiger partial charge in [-0.1, -0.05) is 11.6 Å². The number of nitrogens with two attached hydrogens (primary N) is 1. The summed E-state index contributed by atoms with van der Waals surface area (Å²) in [6, 6.07) is 5.70. The van der Waals surface area contributed by atoms with Crippen molar-refractivity contribution in [2.75, 3.05) is 0 Å². The molecule has 1 aromatic heterocycles. The molecule has 2 N–H and O–H groups in total. The maximum Gasteiger partial charge on any atom is 0.160 e. The number of hydrogen-bond donors (Lipinski definition) is 1. The number of nitrogens with zero attached hydrogens (tertiary/aromatic N) is 2. The van der Waals surface area contributed by atoms with E-state index in [4.69, 9.17) is 17.3 Å². The third kappa shape index (κ3) is 2.53. The lowest BCUT2D eigenvalue weighted by Gasteiger charge is -2.21. The smallest absolute Gasteiger partial charge is 0.160 e. The van der Waals surface area contributed by atoms with Gasteiger partial charge in [-0.3, -0.25) is 0 Å². The van der Waals surface area contributed by atoms with Crippen molar-refractivity contribution in [3.63, 3.8) is 0 Å². The molecule has 0 saturated heterocycles. The zero-order valence-electron chi connectivity index (χ0n) is 10.2. The molecule has 1 aromatic carbocycles. The Balaban J connectivity index is 2.06. The van der Waals surface area contributed by atoms with Crippen LogP contribution in [0.15, 0.2) is 28.9 Å². The van der Waals surface area contributed by atoms with Gasteiger partial charge in [-0.25, -0.2) is 9.97 Å². The summed E-state index contributed by atoms with van der Waals surface area (Å²) in [5, 5.41) is 0.690. The van der Waals surface area contributed by atoms with Crippen molar-refractivity contribution in [1.82, 2.24) is 9.97 Å². The van der Waals surface area contributed by atoms with Crippen LogP contribution in [0.3, 0.4) is 0 Å². The molecule has 0 saturated carbocycles. The summed E-state index contributed by atoms with van der Waals surface area (Å²) in [6.07, 6.45) is 4.94. The molecular formula is C14H13BrClN3. The number of benzene rings is 1. The van der Waals surface area contributed by atoms with Crippen LogP contribution in [0.5, 0.6) is 0 Å². The quantitative estimate of drug-likeness (QED) is 0.858. The lowest BCUT2D eigenvalue weighted by atomic mass is 9.93. The van der Waals surface area contributed by atoms with E-state index in [0.717, 1.165) is 46.4 Å². The van der Waals surface area contributed by atoms with Crippen molar-refractivity contribution in [2.45, 2.75) is 25.3 Å². The first-order valence-electron chi connectivity index (χ1n) is 6.22. The van der Waals surface area contributed by atoms with Gasteiger partial charge in [0.1, 0.15) is 0 Å². The Morgan fingerprint density at radius 1 is 1.37 bits per heavy atom. The Morgan fingerprint density at radius 2 is 2.21 bits per heavy atom. The molecule has 1 aliphatic carbocycles. The van der Waals surface area contributed by atoms with Crippen LogP contribution in [-0.2, 0) is 6.42 Å². The van der Waals surface area contributed by atoms with Crippen molar-refractivity contribution in [3.05, 3.63) is 45.1 Å². The van der Waals surface area contributed by atoms with Crippen molar-refractivity contribution in [2.24, 2.45) is 5.73 Å². The Morgan fingerprint density at radius 3 is 3.00 bits per heavy atom. The Bertz CT molecular complexity index is 630. The first kappa shape index (κ1) is 13.0. The fourth-order valence-electron chi connectivity index (χ4n) is 2.38. The van der Waals surface area contributed by atoms with Crippen LogP contribution in [-0.4, -0.2) is 9.97 Å². The third-order valence-electron chi connectivity index (χ3n) is 3.40. The van der Waals surface area contributed by atoms with Crippen LogP contribution >= 0.6 is 27.5 Å². The van der Waals surface area contributed by atoms with E-state index in [1.807, 2.05) is 24.4 Å². The highest BCUT2D eigenvalue weighted by Gasteiger charge is 2.19. The van der Waals surface area contributed by atoms with E-state index in [9.17, 15) is 0 Å². The van der Waals surface area contributed by atoms with E-state index in [2.05, 4.69) is 25.9 Å². The molecule has 0 amide bonds. The average Bonchev–Trinajstić information content (AvgIpc) is 2.38. The number of fused-ring (bicyclic) bond motifs is 1. The summed E-state index contributed by atoms with van der Waals surface area (Å²) in [5.74, 6) is 0.719. The molecule has 0 aliphatic heterocycles. The minimum Gasteiger partial charge on any atom is -0.324 e. The van der Waals surface area contributed by atoms with Gasteiger partial charge in [0.05, 0.1) is 0 Å². The van der Waals surface area contributed by atoms with E-state index in [0.29, 0.717) is 5.02 Å². The lowest BCUT2D eigenvalue weighted by molar-refractivity contribution is 0.557. The predicted molar refractivity (Wildman–Crippen MR) is 80.0 cm³/mol. The summed E-state index contributed by atoms with van der Waals surface area (Å²) < 4.78 is 0.903. The van der Waals surface area contributed by atoms with Gasteiger partial charge >= 0.3 is 0 Å². The Kier molecular flexibility index (Phi) is 3.56. The molecule has 1 aliphatic rings. The van der Waals surface area contributed by atoms with Crippen LogP contribution in [0.25, 0.3) is 11.4 Å². The van der Waals surface area contributed by atoms with Crippen LogP contribution in [0.4, 0.5) is 0 Å². The SMILES string of the molecule is NC1CCCc2nc(-c3ccc(Cl)cc3Br)ncc21. The second-order valence-electron chi connectivity index (χ2n) is 4.72. The maximum absolute atomic E-state index is 6.08. The minimum atomic E-state index is 0.0754. The van der Waals surface area contributed by atoms with Gasteiger partial charge in [0, 0.05) is 38.6 Å². The summed E-state index contributed by atoms with van der Waals surface area (Å²) in [7, 11) is 0. The van der Waals surface area contributed by atoms with Crippen LogP contribution in [0, 0.1) is 0 Å². The van der Waals surface area contributed by atoms with Crippen LogP contribution < -0.4 is 5.73 Å². The molecule has 3 nitrogen and oxygen atoms in total. The molecule has 2 aromatic rings. The fourth-order valence-corrected chi connectivity index (χ4v) is 3.24. The molecule has 3 rings (SSSR count). The molecule has 0 spiro atoms. The highest BCUT2D eigenvalue weighted by molar-refractivity contribution is 9.10. The van der Waals surface area contributed by atoms with Gasteiger partial charge in [0.25, 0.3) is 0 Å². The second kappa shape index (κ2) is 5.19. The number of aromatic nitrogens is 2. The van der Waals surface area contributed by atoms with Crippen LogP contribution in [0.2, 0.25) is 5.02 Å². The highest BCUT2D eigenvalue weighted by atomic mass is 79.9. The predicted octanol–water partition coefficient (Wildman–Crippen LogP) is 3.90. The summed E-state index contributed by atoms with van der Waals surface area (Å²) >= 11 is 9.45. The summed E-state index contributed by atoms with van der Waals surface area (Å²) in [4.78, 5) is 9.10. The van der Waals surface area contributed by atoms with E-state index in [1.54, 1.807) is 0 Å². The highest BCUT2D eigenvalue weighted by Crippen LogP contribution is 2.31. The zero-order chi connectivity index (χ0) is 13.4. The van der Waals surface area contributed by atoms with Gasteiger partial charge in [0.2, 0.25) is 0 Å².